The normalized spacial score (nSPS) is 21.9. The molecule has 0 bridgehead atoms. The van der Waals surface area contributed by atoms with Crippen LogP contribution in [0.15, 0.2) is 4.99 Å². The average molecular weight is 354 g/mol. The Hall–Kier alpha value is -1.30. The maximum Gasteiger partial charge on any atom is 0.224 e. The highest BCUT2D eigenvalue weighted by Crippen LogP contribution is 2.20. The minimum Gasteiger partial charge on any atom is -0.357 e. The van der Waals surface area contributed by atoms with Crippen molar-refractivity contribution in [3.63, 3.8) is 0 Å². The fraction of sp³-hybridized carbons (Fsp3) is 0.895. The number of nitrogens with one attached hydrogen (secondary N) is 2. The van der Waals surface area contributed by atoms with E-state index in [1.807, 2.05) is 18.7 Å². The summed E-state index contributed by atoms with van der Waals surface area (Å²) in [6.07, 6.45) is 1.85. The molecule has 0 saturated carbocycles. The van der Waals surface area contributed by atoms with Crippen molar-refractivity contribution >= 4 is 11.9 Å². The number of hydrogen-bond acceptors (Lipinski definition) is 3. The fourth-order valence-corrected chi connectivity index (χ4v) is 3.64. The lowest BCUT2D eigenvalue weighted by Crippen LogP contribution is -2.42. The number of rotatable bonds is 9. The molecule has 25 heavy (non-hydrogen) atoms. The summed E-state index contributed by atoms with van der Waals surface area (Å²) in [5.41, 5.74) is 0. The van der Waals surface area contributed by atoms with Crippen LogP contribution in [0.2, 0.25) is 0 Å². The first-order valence-electron chi connectivity index (χ1n) is 10.0. The molecule has 0 aliphatic carbocycles. The summed E-state index contributed by atoms with van der Waals surface area (Å²) in [5, 5.41) is 6.55. The van der Waals surface area contributed by atoms with Crippen LogP contribution in [0, 0.1) is 11.8 Å². The largest absolute Gasteiger partial charge is 0.357 e. The first-order valence-corrected chi connectivity index (χ1v) is 10.0. The predicted octanol–water partition coefficient (Wildman–Crippen LogP) is 1.78. The number of hydrogen-bond donors (Lipinski definition) is 2. The number of aliphatic imine (C=N–C) groups is 1. The number of guanidine groups is 1. The molecule has 1 aliphatic rings. The van der Waals surface area contributed by atoms with Crippen molar-refractivity contribution in [3.05, 3.63) is 0 Å². The average Bonchev–Trinajstić information content (AvgIpc) is 2.55. The van der Waals surface area contributed by atoms with Gasteiger partial charge in [0.2, 0.25) is 5.91 Å². The molecular formula is C19H39N5O. The van der Waals surface area contributed by atoms with Crippen LogP contribution in [0.3, 0.4) is 0 Å². The third-order valence-electron chi connectivity index (χ3n) is 4.72. The Balaban J connectivity index is 2.37. The molecule has 0 spiro atoms. The molecule has 0 radical (unpaired) electrons. The van der Waals surface area contributed by atoms with E-state index in [0.29, 0.717) is 13.0 Å². The molecule has 0 aromatic carbocycles. The van der Waals surface area contributed by atoms with Crippen LogP contribution in [0.4, 0.5) is 0 Å². The van der Waals surface area contributed by atoms with Crippen molar-refractivity contribution in [3.8, 4) is 0 Å². The lowest BCUT2D eigenvalue weighted by Gasteiger charge is -2.34. The highest BCUT2D eigenvalue weighted by Gasteiger charge is 2.21. The Morgan fingerprint density at radius 1 is 1.12 bits per heavy atom. The van der Waals surface area contributed by atoms with E-state index in [-0.39, 0.29) is 5.91 Å². The van der Waals surface area contributed by atoms with Gasteiger partial charge in [0.25, 0.3) is 0 Å². The Morgan fingerprint density at radius 3 is 2.32 bits per heavy atom. The fourth-order valence-electron chi connectivity index (χ4n) is 3.64. The van der Waals surface area contributed by atoms with E-state index >= 15 is 0 Å². The number of amides is 1. The molecule has 1 saturated heterocycles. The molecule has 1 fully saturated rings. The van der Waals surface area contributed by atoms with Gasteiger partial charge in [-0.25, -0.2) is 0 Å². The Morgan fingerprint density at radius 2 is 1.76 bits per heavy atom. The van der Waals surface area contributed by atoms with Gasteiger partial charge in [-0.15, -0.1) is 0 Å². The molecule has 2 atom stereocenters. The number of carbonyl (C=O) groups is 1. The SMILES string of the molecule is CCNC(=NCCN1CC(C)CC(C)C1)NCCC(=O)N(CC)CC. The molecule has 1 rings (SSSR count). The summed E-state index contributed by atoms with van der Waals surface area (Å²) < 4.78 is 0. The van der Waals surface area contributed by atoms with Crippen molar-refractivity contribution in [2.24, 2.45) is 16.8 Å². The molecule has 6 heteroatoms. The highest BCUT2D eigenvalue weighted by molar-refractivity contribution is 5.81. The van der Waals surface area contributed by atoms with Crippen molar-refractivity contribution in [1.82, 2.24) is 20.4 Å². The van der Waals surface area contributed by atoms with Crippen molar-refractivity contribution in [2.45, 2.75) is 47.5 Å². The van der Waals surface area contributed by atoms with Crippen molar-refractivity contribution in [1.29, 1.82) is 0 Å². The summed E-state index contributed by atoms with van der Waals surface area (Å²) in [6.45, 7) is 17.9. The Labute approximate surface area is 154 Å². The van der Waals surface area contributed by atoms with Gasteiger partial charge < -0.3 is 20.4 Å². The molecule has 146 valence electrons. The Kier molecular flexibility index (Phi) is 10.5. The van der Waals surface area contributed by atoms with Gasteiger partial charge in [0, 0.05) is 52.2 Å². The monoisotopic (exact) mass is 353 g/mol. The lowest BCUT2D eigenvalue weighted by molar-refractivity contribution is -0.130. The van der Waals surface area contributed by atoms with Crippen LogP contribution in [0.25, 0.3) is 0 Å². The Bertz CT molecular complexity index is 399. The van der Waals surface area contributed by atoms with E-state index in [0.717, 1.165) is 50.5 Å². The lowest BCUT2D eigenvalue weighted by atomic mass is 9.92. The maximum atomic E-state index is 12.0. The van der Waals surface area contributed by atoms with E-state index in [1.165, 1.54) is 19.5 Å². The van der Waals surface area contributed by atoms with Crippen LogP contribution >= 0.6 is 0 Å². The van der Waals surface area contributed by atoms with Crippen LogP contribution in [-0.2, 0) is 4.79 Å². The highest BCUT2D eigenvalue weighted by atomic mass is 16.2. The summed E-state index contributed by atoms with van der Waals surface area (Å²) >= 11 is 0. The first kappa shape index (κ1) is 21.7. The number of likely N-dealkylation sites (tertiary alicyclic amines) is 1. The van der Waals surface area contributed by atoms with Gasteiger partial charge in [0.05, 0.1) is 6.54 Å². The van der Waals surface area contributed by atoms with E-state index in [9.17, 15) is 4.79 Å². The van der Waals surface area contributed by atoms with Gasteiger partial charge in [-0.3, -0.25) is 9.79 Å². The van der Waals surface area contributed by atoms with E-state index in [1.54, 1.807) is 0 Å². The minimum absolute atomic E-state index is 0.199. The molecule has 6 nitrogen and oxygen atoms in total. The van der Waals surface area contributed by atoms with E-state index in [4.69, 9.17) is 0 Å². The van der Waals surface area contributed by atoms with Gasteiger partial charge in [-0.1, -0.05) is 13.8 Å². The van der Waals surface area contributed by atoms with E-state index < -0.39 is 0 Å². The van der Waals surface area contributed by atoms with Crippen LogP contribution in [0.5, 0.6) is 0 Å². The quantitative estimate of drug-likeness (QED) is 0.490. The maximum absolute atomic E-state index is 12.0. The summed E-state index contributed by atoms with van der Waals surface area (Å²) in [7, 11) is 0. The summed E-state index contributed by atoms with van der Waals surface area (Å²) in [6, 6.07) is 0. The third kappa shape index (κ3) is 8.56. The van der Waals surface area contributed by atoms with Gasteiger partial charge in [-0.05, 0) is 39.0 Å². The molecule has 0 aromatic heterocycles. The number of piperidine rings is 1. The standard InChI is InChI=1S/C19H39N5O/c1-6-20-19(21-10-9-18(25)24(7-2)8-3)22-11-12-23-14-16(4)13-17(5)15-23/h16-17H,6-15H2,1-5H3,(H2,20,21,22). The van der Waals surface area contributed by atoms with Crippen LogP contribution in [-0.4, -0.2) is 74.0 Å². The van der Waals surface area contributed by atoms with Gasteiger partial charge in [0.1, 0.15) is 0 Å². The minimum atomic E-state index is 0.199. The molecule has 2 N–H and O–H groups in total. The molecule has 1 aliphatic heterocycles. The van der Waals surface area contributed by atoms with Gasteiger partial charge in [-0.2, -0.15) is 0 Å². The topological polar surface area (TPSA) is 60.0 Å². The van der Waals surface area contributed by atoms with Crippen LogP contribution < -0.4 is 10.6 Å². The van der Waals surface area contributed by atoms with Gasteiger partial charge in [0.15, 0.2) is 5.96 Å². The van der Waals surface area contributed by atoms with Crippen molar-refractivity contribution < 1.29 is 4.79 Å². The molecule has 1 heterocycles. The zero-order valence-corrected chi connectivity index (χ0v) is 17.0. The van der Waals surface area contributed by atoms with Crippen LogP contribution in [0.1, 0.15) is 47.5 Å². The zero-order valence-electron chi connectivity index (χ0n) is 17.0. The number of nitrogens with zero attached hydrogens (tertiary/aromatic N) is 3. The number of carbonyl (C=O) groups excluding carboxylic acids is 1. The molecular weight excluding hydrogens is 314 g/mol. The molecule has 0 aromatic rings. The van der Waals surface area contributed by atoms with Gasteiger partial charge >= 0.3 is 0 Å². The summed E-state index contributed by atoms with van der Waals surface area (Å²) in [4.78, 5) is 21.1. The second kappa shape index (κ2) is 12.1. The van der Waals surface area contributed by atoms with Crippen molar-refractivity contribution in [2.75, 3.05) is 52.4 Å². The van der Waals surface area contributed by atoms with E-state index in [2.05, 4.69) is 41.3 Å². The third-order valence-corrected chi connectivity index (χ3v) is 4.72. The smallest absolute Gasteiger partial charge is 0.224 e. The second-order valence-electron chi connectivity index (χ2n) is 7.21. The zero-order chi connectivity index (χ0) is 18.7. The first-order chi connectivity index (χ1) is 12.0. The summed E-state index contributed by atoms with van der Waals surface area (Å²) in [5.74, 6) is 2.58. The molecule has 1 amide bonds. The second-order valence-corrected chi connectivity index (χ2v) is 7.21. The molecule has 2 unspecified atom stereocenters. The predicted molar refractivity (Wildman–Crippen MR) is 106 cm³/mol.